The first-order valence-electron chi connectivity index (χ1n) is 13.3. The Morgan fingerprint density at radius 3 is 2.87 bits per heavy atom. The molecule has 3 heterocycles. The molecule has 0 bridgehead atoms. The van der Waals surface area contributed by atoms with Crippen molar-refractivity contribution < 1.29 is 14.3 Å². The fourth-order valence-corrected chi connectivity index (χ4v) is 5.11. The molecule has 1 aromatic carbocycles. The van der Waals surface area contributed by atoms with Crippen molar-refractivity contribution in [3.8, 4) is 16.9 Å². The van der Waals surface area contributed by atoms with E-state index in [-0.39, 0.29) is 12.0 Å². The SMILES string of the molecule is CCOC(=O)NC(C)=Nc1ncc(-c2ccc3c(c2)CN(c2ncnc4c2CC(C)(C)CC4)CCO3)cc1N. The van der Waals surface area contributed by atoms with Gasteiger partial charge in [0.05, 0.1) is 18.8 Å². The number of anilines is 2. The molecule has 0 saturated carbocycles. The van der Waals surface area contributed by atoms with E-state index in [2.05, 4.69) is 45.1 Å². The standard InChI is InChI=1S/C29H35N7O3/c1-5-38-28(37)35-18(2)34-26-23(30)13-20(15-31-26)19-6-7-25-21(12-19)16-36(10-11-39-25)27-22-14-29(3,4)9-8-24(22)32-17-33-27/h6-7,12-13,15,17H,5,8-11,14,16,30H2,1-4H3,(H,31,34,35,37). The molecule has 0 unspecified atom stereocenters. The number of nitrogens with two attached hydrogens (primary N) is 1. The van der Waals surface area contributed by atoms with Crippen molar-refractivity contribution in [2.75, 3.05) is 30.4 Å². The maximum absolute atomic E-state index is 11.6. The summed E-state index contributed by atoms with van der Waals surface area (Å²) < 4.78 is 11.0. The van der Waals surface area contributed by atoms with E-state index in [9.17, 15) is 4.79 Å². The van der Waals surface area contributed by atoms with Gasteiger partial charge >= 0.3 is 6.09 Å². The summed E-state index contributed by atoms with van der Waals surface area (Å²) in [6.45, 7) is 10.3. The Morgan fingerprint density at radius 2 is 2.08 bits per heavy atom. The molecule has 0 spiro atoms. The van der Waals surface area contributed by atoms with Crippen LogP contribution in [0.5, 0.6) is 5.75 Å². The predicted octanol–water partition coefficient (Wildman–Crippen LogP) is 4.83. The Labute approximate surface area is 228 Å². The quantitative estimate of drug-likeness (QED) is 0.363. The minimum Gasteiger partial charge on any atom is -0.491 e. The van der Waals surface area contributed by atoms with Crippen LogP contribution in [0.25, 0.3) is 11.1 Å². The topological polar surface area (TPSA) is 128 Å². The van der Waals surface area contributed by atoms with Gasteiger partial charge in [-0.1, -0.05) is 19.9 Å². The number of nitrogens with one attached hydrogen (secondary N) is 1. The van der Waals surface area contributed by atoms with Crippen molar-refractivity contribution in [2.24, 2.45) is 10.4 Å². The number of alkyl carbamates (subject to hydrolysis) is 1. The number of amidine groups is 1. The molecule has 10 nitrogen and oxygen atoms in total. The Morgan fingerprint density at radius 1 is 1.23 bits per heavy atom. The van der Waals surface area contributed by atoms with Crippen molar-refractivity contribution in [1.29, 1.82) is 0 Å². The lowest BCUT2D eigenvalue weighted by molar-refractivity contribution is 0.158. The molecule has 1 amide bonds. The summed E-state index contributed by atoms with van der Waals surface area (Å²) in [5.41, 5.74) is 12.2. The van der Waals surface area contributed by atoms with Crippen LogP contribution in [0, 0.1) is 5.41 Å². The second-order valence-corrected chi connectivity index (χ2v) is 10.7. The van der Waals surface area contributed by atoms with E-state index in [4.69, 9.17) is 20.2 Å². The highest BCUT2D eigenvalue weighted by Crippen LogP contribution is 2.39. The molecular formula is C29H35N7O3. The van der Waals surface area contributed by atoms with Crippen LogP contribution in [0.4, 0.5) is 22.1 Å². The van der Waals surface area contributed by atoms with Crippen LogP contribution in [0.2, 0.25) is 0 Å². The first-order chi connectivity index (χ1) is 18.7. The molecule has 10 heteroatoms. The number of fused-ring (bicyclic) bond motifs is 2. The number of nitrogens with zero attached hydrogens (tertiary/aromatic N) is 5. The smallest absolute Gasteiger partial charge is 0.412 e. The van der Waals surface area contributed by atoms with E-state index in [0.717, 1.165) is 59.8 Å². The summed E-state index contributed by atoms with van der Waals surface area (Å²) in [5.74, 6) is 2.55. The van der Waals surface area contributed by atoms with Crippen LogP contribution in [-0.2, 0) is 24.1 Å². The van der Waals surface area contributed by atoms with E-state index in [1.165, 1.54) is 5.56 Å². The van der Waals surface area contributed by atoms with Gasteiger partial charge in [-0.3, -0.25) is 5.32 Å². The molecule has 39 heavy (non-hydrogen) atoms. The van der Waals surface area contributed by atoms with Crippen LogP contribution >= 0.6 is 0 Å². The summed E-state index contributed by atoms with van der Waals surface area (Å²) in [6, 6.07) is 7.97. The maximum Gasteiger partial charge on any atom is 0.412 e. The first-order valence-corrected chi connectivity index (χ1v) is 13.3. The Bertz CT molecular complexity index is 1420. The number of aliphatic imine (C=N–C) groups is 1. The van der Waals surface area contributed by atoms with Crippen molar-refractivity contribution >= 4 is 29.3 Å². The van der Waals surface area contributed by atoms with E-state index < -0.39 is 6.09 Å². The second-order valence-electron chi connectivity index (χ2n) is 10.7. The molecule has 0 atom stereocenters. The molecule has 3 N–H and O–H groups in total. The summed E-state index contributed by atoms with van der Waals surface area (Å²) in [5, 5.41) is 2.55. The molecule has 0 fully saturated rings. The minimum absolute atomic E-state index is 0.233. The Kier molecular flexibility index (Phi) is 7.36. The Hall–Kier alpha value is -4.21. The Balaban J connectivity index is 1.40. The van der Waals surface area contributed by atoms with Crippen LogP contribution in [0.15, 0.2) is 41.8 Å². The number of ether oxygens (including phenoxy) is 2. The first kappa shape index (κ1) is 26.4. The number of amides is 1. The highest BCUT2D eigenvalue weighted by atomic mass is 16.5. The van der Waals surface area contributed by atoms with Crippen LogP contribution in [0.3, 0.4) is 0 Å². The van der Waals surface area contributed by atoms with Crippen LogP contribution in [-0.4, -0.2) is 46.6 Å². The summed E-state index contributed by atoms with van der Waals surface area (Å²) in [7, 11) is 0. The average Bonchev–Trinajstić information content (AvgIpc) is 3.11. The lowest BCUT2D eigenvalue weighted by Crippen LogP contribution is -2.31. The third kappa shape index (κ3) is 5.94. The maximum atomic E-state index is 11.6. The number of carbonyl (C=O) groups excluding carboxylic acids is 1. The molecule has 0 saturated heterocycles. The average molecular weight is 530 g/mol. The van der Waals surface area contributed by atoms with Gasteiger partial charge in [0.2, 0.25) is 0 Å². The fourth-order valence-electron chi connectivity index (χ4n) is 5.11. The molecule has 5 rings (SSSR count). The van der Waals surface area contributed by atoms with Gasteiger partial charge < -0.3 is 20.1 Å². The van der Waals surface area contributed by atoms with Crippen molar-refractivity contribution in [2.45, 2.75) is 53.5 Å². The van der Waals surface area contributed by atoms with Gasteiger partial charge in [-0.25, -0.2) is 24.7 Å². The van der Waals surface area contributed by atoms with Crippen LogP contribution in [0.1, 0.15) is 50.9 Å². The van der Waals surface area contributed by atoms with Crippen molar-refractivity contribution in [3.63, 3.8) is 0 Å². The molecule has 1 aliphatic heterocycles. The summed E-state index contributed by atoms with van der Waals surface area (Å²) >= 11 is 0. The predicted molar refractivity (Wildman–Crippen MR) is 151 cm³/mol. The summed E-state index contributed by atoms with van der Waals surface area (Å²) in [4.78, 5) is 32.0. The van der Waals surface area contributed by atoms with Gasteiger partial charge in [0.25, 0.3) is 0 Å². The van der Waals surface area contributed by atoms with Gasteiger partial charge in [-0.2, -0.15) is 0 Å². The zero-order valence-electron chi connectivity index (χ0n) is 23.0. The minimum atomic E-state index is -0.568. The molecular weight excluding hydrogens is 494 g/mol. The molecule has 2 aliphatic rings. The monoisotopic (exact) mass is 529 g/mol. The zero-order chi connectivity index (χ0) is 27.6. The summed E-state index contributed by atoms with van der Waals surface area (Å²) in [6.07, 6.45) is 5.94. The molecule has 2 aromatic heterocycles. The number of aromatic nitrogens is 3. The van der Waals surface area contributed by atoms with Crippen molar-refractivity contribution in [3.05, 3.63) is 53.6 Å². The molecule has 3 aromatic rings. The fraction of sp³-hybridized carbons (Fsp3) is 0.414. The number of rotatable bonds is 4. The lowest BCUT2D eigenvalue weighted by atomic mass is 9.76. The third-order valence-corrected chi connectivity index (χ3v) is 7.11. The second kappa shape index (κ2) is 10.9. The largest absolute Gasteiger partial charge is 0.491 e. The van der Waals surface area contributed by atoms with E-state index in [0.29, 0.717) is 30.5 Å². The zero-order valence-corrected chi connectivity index (χ0v) is 23.0. The number of aryl methyl sites for hydroxylation is 1. The van der Waals surface area contributed by atoms with E-state index in [1.807, 2.05) is 18.2 Å². The highest BCUT2D eigenvalue weighted by Gasteiger charge is 2.30. The number of hydrogen-bond acceptors (Lipinski definition) is 9. The van der Waals surface area contributed by atoms with Gasteiger partial charge in [0, 0.05) is 35.1 Å². The highest BCUT2D eigenvalue weighted by molar-refractivity contribution is 5.95. The van der Waals surface area contributed by atoms with Crippen LogP contribution < -0.4 is 20.7 Å². The number of nitrogen functional groups attached to an aromatic ring is 1. The van der Waals surface area contributed by atoms with Gasteiger partial charge in [0.1, 0.15) is 30.3 Å². The number of carbonyl (C=O) groups is 1. The normalized spacial score (nSPS) is 16.4. The number of hydrogen-bond donors (Lipinski definition) is 2. The van der Waals surface area contributed by atoms with E-state index >= 15 is 0 Å². The molecule has 204 valence electrons. The molecule has 0 radical (unpaired) electrons. The number of pyridine rings is 1. The van der Waals surface area contributed by atoms with Gasteiger partial charge in [-0.05, 0) is 62.3 Å². The van der Waals surface area contributed by atoms with E-state index in [1.54, 1.807) is 26.4 Å². The number of benzene rings is 1. The van der Waals surface area contributed by atoms with Gasteiger partial charge in [-0.15, -0.1) is 0 Å². The molecule has 1 aliphatic carbocycles. The lowest BCUT2D eigenvalue weighted by Gasteiger charge is -2.33. The van der Waals surface area contributed by atoms with Crippen molar-refractivity contribution in [1.82, 2.24) is 20.3 Å². The van der Waals surface area contributed by atoms with Gasteiger partial charge in [0.15, 0.2) is 5.82 Å². The third-order valence-electron chi connectivity index (χ3n) is 7.11.